The van der Waals surface area contributed by atoms with E-state index in [1.54, 1.807) is 36.3 Å². The van der Waals surface area contributed by atoms with Crippen molar-refractivity contribution in [3.63, 3.8) is 0 Å². The van der Waals surface area contributed by atoms with E-state index in [4.69, 9.17) is 0 Å². The number of rotatable bonds is 5. The van der Waals surface area contributed by atoms with Crippen LogP contribution in [0, 0.1) is 0 Å². The van der Waals surface area contributed by atoms with E-state index < -0.39 is 16.9 Å². The number of aromatic amines is 1. The topological polar surface area (TPSA) is 85.9 Å². The van der Waals surface area contributed by atoms with Crippen molar-refractivity contribution in [3.05, 3.63) is 36.8 Å². The number of hydrogen-bond acceptors (Lipinski definition) is 5. The second-order valence-corrected chi connectivity index (χ2v) is 8.04. The smallest absolute Gasteiger partial charge is 0.265 e. The van der Waals surface area contributed by atoms with E-state index in [0.717, 1.165) is 5.39 Å². The lowest BCUT2D eigenvalue weighted by molar-refractivity contribution is -0.0116. The predicted octanol–water partition coefficient (Wildman–Crippen LogP) is 3.18. The summed E-state index contributed by atoms with van der Waals surface area (Å²) in [5.74, 6) is -2.19. The van der Waals surface area contributed by atoms with E-state index in [1.807, 2.05) is 6.07 Å². The molecule has 148 valence electrons. The summed E-state index contributed by atoms with van der Waals surface area (Å²) in [5, 5.41) is 4.00. The average Bonchev–Trinajstić information content (AvgIpc) is 3.16. The number of fused-ring (bicyclic) bond motifs is 1. The van der Waals surface area contributed by atoms with Crippen LogP contribution in [-0.4, -0.2) is 45.2 Å². The molecule has 0 spiro atoms. The first kappa shape index (κ1) is 18.8. The van der Waals surface area contributed by atoms with Gasteiger partial charge in [-0.2, -0.15) is 0 Å². The fourth-order valence-corrected chi connectivity index (χ4v) is 4.05. The minimum atomic E-state index is -2.73. The quantitative estimate of drug-likeness (QED) is 0.606. The fourth-order valence-electron chi connectivity index (χ4n) is 3.40. The van der Waals surface area contributed by atoms with Gasteiger partial charge in [-0.15, -0.1) is 0 Å². The fraction of sp³-hybridized carbons (Fsp3) is 0.333. The number of hydrogen-bond donors (Lipinski definition) is 3. The van der Waals surface area contributed by atoms with Crippen molar-refractivity contribution in [2.45, 2.75) is 23.7 Å². The highest BCUT2D eigenvalue weighted by molar-refractivity contribution is 7.83. The monoisotopic (exact) mass is 406 g/mol. The molecule has 1 unspecified atom stereocenters. The molecule has 1 atom stereocenters. The zero-order valence-electron chi connectivity index (χ0n) is 15.2. The zero-order chi connectivity index (χ0) is 19.7. The summed E-state index contributed by atoms with van der Waals surface area (Å²) < 4.78 is 42.8. The molecular weight excluding hydrogens is 386 g/mol. The van der Waals surface area contributed by atoms with E-state index in [0.29, 0.717) is 40.7 Å². The highest BCUT2D eigenvalue weighted by Crippen LogP contribution is 2.36. The third-order valence-electron chi connectivity index (χ3n) is 4.71. The minimum absolute atomic E-state index is 0.107. The van der Waals surface area contributed by atoms with Gasteiger partial charge in [0.05, 0.1) is 28.2 Å². The molecular formula is C18H20F2N6OS. The van der Waals surface area contributed by atoms with Gasteiger partial charge in [-0.05, 0) is 37.7 Å². The van der Waals surface area contributed by atoms with Crippen molar-refractivity contribution in [1.29, 1.82) is 0 Å². The molecule has 10 heteroatoms. The maximum Gasteiger partial charge on any atom is 0.265 e. The number of H-pyrrole nitrogens is 1. The van der Waals surface area contributed by atoms with E-state index in [-0.39, 0.29) is 13.0 Å². The first-order valence-corrected chi connectivity index (χ1v) is 10.0. The molecule has 3 aromatic rings. The van der Waals surface area contributed by atoms with Crippen LogP contribution in [0.3, 0.4) is 0 Å². The maximum absolute atomic E-state index is 14.0. The van der Waals surface area contributed by atoms with Crippen LogP contribution in [0.2, 0.25) is 0 Å². The summed E-state index contributed by atoms with van der Waals surface area (Å²) >= 11 is 0. The van der Waals surface area contributed by atoms with Gasteiger partial charge in [0.25, 0.3) is 5.92 Å². The lowest BCUT2D eigenvalue weighted by Crippen LogP contribution is -2.42. The van der Waals surface area contributed by atoms with E-state index in [9.17, 15) is 13.0 Å². The third kappa shape index (κ3) is 3.69. The van der Waals surface area contributed by atoms with Crippen LogP contribution in [0.5, 0.6) is 0 Å². The summed E-state index contributed by atoms with van der Waals surface area (Å²) in [6, 6.07) is 6.95. The lowest BCUT2D eigenvalue weighted by atomic mass is 10.1. The van der Waals surface area contributed by atoms with Gasteiger partial charge in [0, 0.05) is 19.2 Å². The summed E-state index contributed by atoms with van der Waals surface area (Å²) in [5.41, 5.74) is 1.86. The number of alkyl halides is 2. The second kappa shape index (κ2) is 7.44. The van der Waals surface area contributed by atoms with Crippen LogP contribution in [0.15, 0.2) is 41.7 Å². The van der Waals surface area contributed by atoms with Crippen LogP contribution in [0.4, 0.5) is 26.0 Å². The molecule has 1 aliphatic rings. The van der Waals surface area contributed by atoms with E-state index in [2.05, 4.69) is 25.0 Å². The van der Waals surface area contributed by atoms with Gasteiger partial charge < -0.3 is 15.2 Å². The molecule has 0 radical (unpaired) electrons. The number of nitrogens with one attached hydrogen (secondary N) is 3. The van der Waals surface area contributed by atoms with E-state index in [1.165, 1.54) is 6.33 Å². The molecule has 1 saturated heterocycles. The van der Waals surface area contributed by atoms with Gasteiger partial charge in [0.2, 0.25) is 0 Å². The summed E-state index contributed by atoms with van der Waals surface area (Å²) in [4.78, 5) is 13.7. The summed E-state index contributed by atoms with van der Waals surface area (Å²) in [6.07, 6.45) is 3.48. The van der Waals surface area contributed by atoms with Crippen molar-refractivity contribution >= 4 is 39.2 Å². The zero-order valence-corrected chi connectivity index (χ0v) is 16.0. The molecule has 0 amide bonds. The Balaban J connectivity index is 1.76. The van der Waals surface area contributed by atoms with Gasteiger partial charge in [-0.25, -0.2) is 27.7 Å². The molecule has 7 nitrogen and oxygen atoms in total. The highest BCUT2D eigenvalue weighted by Gasteiger charge is 2.36. The molecule has 3 N–H and O–H groups in total. The Labute approximate surface area is 163 Å². The molecule has 1 fully saturated rings. The third-order valence-corrected chi connectivity index (χ3v) is 5.76. The molecule has 28 heavy (non-hydrogen) atoms. The molecule has 4 rings (SSSR count). The Morgan fingerprint density at radius 2 is 2.14 bits per heavy atom. The Morgan fingerprint density at radius 1 is 1.29 bits per heavy atom. The van der Waals surface area contributed by atoms with Crippen molar-refractivity contribution < 1.29 is 13.0 Å². The average molecular weight is 406 g/mol. The van der Waals surface area contributed by atoms with Gasteiger partial charge >= 0.3 is 0 Å². The molecule has 0 aliphatic carbocycles. The van der Waals surface area contributed by atoms with Gasteiger partial charge in [-0.3, -0.25) is 0 Å². The highest BCUT2D eigenvalue weighted by atomic mass is 32.2. The second-order valence-electron chi connectivity index (χ2n) is 6.62. The standard InChI is InChI=1S/C18H20F2N6OS/c1-21-28(27)12-3-4-15(26-8-2-6-18(19,20)10-26)14(9-12)25-17-13-5-7-22-16(13)23-11-24-17/h3-5,7,9,11,21H,2,6,8,10H2,1H3,(H2,22,23,24,25). The van der Waals surface area contributed by atoms with Crippen LogP contribution in [-0.2, 0) is 11.0 Å². The van der Waals surface area contributed by atoms with Crippen molar-refractivity contribution in [1.82, 2.24) is 19.7 Å². The first-order valence-electron chi connectivity index (χ1n) is 8.88. The van der Waals surface area contributed by atoms with Crippen molar-refractivity contribution in [2.75, 3.05) is 30.4 Å². The maximum atomic E-state index is 14.0. The molecule has 0 bridgehead atoms. The lowest BCUT2D eigenvalue weighted by Gasteiger charge is -2.35. The van der Waals surface area contributed by atoms with Crippen LogP contribution in [0.25, 0.3) is 11.0 Å². The number of nitrogens with zero attached hydrogens (tertiary/aromatic N) is 3. The number of benzene rings is 1. The molecule has 1 aromatic carbocycles. The largest absolute Gasteiger partial charge is 0.364 e. The Kier molecular flexibility index (Phi) is 4.98. The van der Waals surface area contributed by atoms with Gasteiger partial charge in [-0.1, -0.05) is 0 Å². The van der Waals surface area contributed by atoms with Gasteiger partial charge in [0.1, 0.15) is 28.8 Å². The van der Waals surface area contributed by atoms with Crippen LogP contribution >= 0.6 is 0 Å². The molecule has 2 aromatic heterocycles. The SMILES string of the molecule is CNS(=O)c1ccc(N2CCCC(F)(F)C2)c(Nc2ncnc3[nH]ccc23)c1. The number of halogens is 2. The molecule has 1 aliphatic heterocycles. The number of aromatic nitrogens is 3. The molecule has 0 saturated carbocycles. The van der Waals surface area contributed by atoms with Crippen LogP contribution in [0.1, 0.15) is 12.8 Å². The minimum Gasteiger partial charge on any atom is -0.364 e. The van der Waals surface area contributed by atoms with Crippen LogP contribution < -0.4 is 14.9 Å². The summed E-state index contributed by atoms with van der Waals surface area (Å²) in [7, 11) is 0.191. The number of piperidine rings is 1. The van der Waals surface area contributed by atoms with E-state index >= 15 is 0 Å². The Bertz CT molecular complexity index is 1020. The normalized spacial score (nSPS) is 17.6. The first-order chi connectivity index (χ1) is 13.5. The van der Waals surface area contributed by atoms with Crippen molar-refractivity contribution in [2.24, 2.45) is 0 Å². The Hall–Kier alpha value is -2.59. The predicted molar refractivity (Wildman–Crippen MR) is 105 cm³/mol. The van der Waals surface area contributed by atoms with Crippen molar-refractivity contribution in [3.8, 4) is 0 Å². The number of anilines is 3. The Morgan fingerprint density at radius 3 is 2.93 bits per heavy atom. The van der Waals surface area contributed by atoms with Gasteiger partial charge in [0.15, 0.2) is 0 Å². The summed E-state index contributed by atoms with van der Waals surface area (Å²) in [6.45, 7) is 0.182. The molecule has 3 heterocycles.